The number of carbonyl (C=O) groups excluding carboxylic acids is 4. The van der Waals surface area contributed by atoms with Crippen LogP contribution in [0.4, 0.5) is 23.4 Å². The molecule has 0 saturated heterocycles. The molecule has 0 fully saturated rings. The van der Waals surface area contributed by atoms with Gasteiger partial charge in [-0.15, -0.1) is 0 Å². The van der Waals surface area contributed by atoms with Gasteiger partial charge in [-0.3, -0.25) is 14.4 Å². The van der Waals surface area contributed by atoms with Gasteiger partial charge in [0.2, 0.25) is 11.8 Å². The van der Waals surface area contributed by atoms with Crippen LogP contribution in [0.2, 0.25) is 0 Å². The number of hydrogen-bond acceptors (Lipinski definition) is 7. The fraction of sp³-hybridized carbons (Fsp3) is 0.276. The smallest absolute Gasteiger partial charge is 0.386 e. The Morgan fingerprint density at radius 2 is 1.69 bits per heavy atom. The summed E-state index contributed by atoms with van der Waals surface area (Å²) in [5.41, 5.74) is 2.48. The molecule has 2 aromatic carbocycles. The molecule has 1 unspecified atom stereocenters. The summed E-state index contributed by atoms with van der Waals surface area (Å²) in [4.78, 5) is 52.3. The number of amides is 2. The van der Waals surface area contributed by atoms with Crippen LogP contribution >= 0.6 is 0 Å². The zero-order valence-corrected chi connectivity index (χ0v) is 22.5. The standard InChI is InChI=1S/C29H28F4N4O5/c1-18-11-13-35-24(14-18)34-12-3-6-25(38)36-17-26(39)37-23(16-27(40)42-28(41)29(31,32)33)21-5-2-4-20(15-21)19-7-9-22(30)10-8-19/h2,4-5,7-11,13-15,23H,3,6,12,16-17H2,1H3,(H,34,35)(H,36,38)(H,37,39). The number of alkyl halides is 3. The number of benzene rings is 2. The van der Waals surface area contributed by atoms with Crippen molar-refractivity contribution in [1.29, 1.82) is 0 Å². The Labute approximate surface area is 238 Å². The lowest BCUT2D eigenvalue weighted by Crippen LogP contribution is -2.39. The van der Waals surface area contributed by atoms with E-state index < -0.39 is 54.8 Å². The van der Waals surface area contributed by atoms with Crippen LogP contribution in [-0.4, -0.2) is 48.0 Å². The molecule has 3 N–H and O–H groups in total. The van der Waals surface area contributed by atoms with Crippen molar-refractivity contribution < 1.29 is 41.5 Å². The van der Waals surface area contributed by atoms with Crippen LogP contribution in [-0.2, 0) is 23.9 Å². The minimum Gasteiger partial charge on any atom is -0.386 e. The van der Waals surface area contributed by atoms with E-state index in [-0.39, 0.29) is 6.42 Å². The maximum Gasteiger partial charge on any atom is 0.491 e. The molecule has 42 heavy (non-hydrogen) atoms. The molecule has 9 nitrogen and oxygen atoms in total. The van der Waals surface area contributed by atoms with Crippen LogP contribution in [0.15, 0.2) is 66.9 Å². The van der Waals surface area contributed by atoms with Crippen molar-refractivity contribution in [2.75, 3.05) is 18.4 Å². The predicted octanol–water partition coefficient (Wildman–Crippen LogP) is 4.38. The summed E-state index contributed by atoms with van der Waals surface area (Å²) in [5, 5.41) is 8.01. The number of aryl methyl sites for hydroxylation is 1. The molecule has 1 heterocycles. The average Bonchev–Trinajstić information content (AvgIpc) is 2.94. The Kier molecular flexibility index (Phi) is 11.1. The molecule has 3 aromatic rings. The van der Waals surface area contributed by atoms with Crippen molar-refractivity contribution in [3.8, 4) is 11.1 Å². The van der Waals surface area contributed by atoms with Crippen LogP contribution in [0.3, 0.4) is 0 Å². The molecule has 0 spiro atoms. The van der Waals surface area contributed by atoms with Gasteiger partial charge in [0.1, 0.15) is 11.6 Å². The molecule has 0 radical (unpaired) electrons. The number of carbonyl (C=O) groups is 4. The van der Waals surface area contributed by atoms with Gasteiger partial charge in [-0.1, -0.05) is 30.3 Å². The van der Waals surface area contributed by atoms with Gasteiger partial charge in [-0.25, -0.2) is 14.2 Å². The van der Waals surface area contributed by atoms with E-state index in [1.165, 1.54) is 30.3 Å². The number of anilines is 1. The van der Waals surface area contributed by atoms with Crippen LogP contribution in [0.5, 0.6) is 0 Å². The van der Waals surface area contributed by atoms with Crippen LogP contribution < -0.4 is 16.0 Å². The summed E-state index contributed by atoms with van der Waals surface area (Å²) in [5.74, 6) is -5.16. The van der Waals surface area contributed by atoms with E-state index in [1.54, 1.807) is 24.4 Å². The summed E-state index contributed by atoms with van der Waals surface area (Å²) in [7, 11) is 0. The molecule has 222 valence electrons. The second kappa shape index (κ2) is 14.7. The van der Waals surface area contributed by atoms with Gasteiger partial charge in [-0.2, -0.15) is 13.2 Å². The van der Waals surface area contributed by atoms with E-state index in [0.717, 1.165) is 5.56 Å². The molecule has 2 amide bonds. The molecule has 0 bridgehead atoms. The Balaban J connectivity index is 1.61. The monoisotopic (exact) mass is 588 g/mol. The first kappa shape index (κ1) is 31.7. The van der Waals surface area contributed by atoms with Gasteiger partial charge in [0.15, 0.2) is 0 Å². The highest BCUT2D eigenvalue weighted by Gasteiger charge is 2.42. The van der Waals surface area contributed by atoms with Gasteiger partial charge in [0.25, 0.3) is 0 Å². The quantitative estimate of drug-likeness (QED) is 0.124. The highest BCUT2D eigenvalue weighted by molar-refractivity contribution is 5.89. The van der Waals surface area contributed by atoms with Crippen molar-refractivity contribution in [3.05, 3.63) is 83.8 Å². The number of ether oxygens (including phenoxy) is 1. The summed E-state index contributed by atoms with van der Waals surface area (Å²) in [6.45, 7) is 1.90. The number of hydrogen-bond donors (Lipinski definition) is 3. The number of nitrogens with one attached hydrogen (secondary N) is 3. The second-order valence-electron chi connectivity index (χ2n) is 9.24. The zero-order chi connectivity index (χ0) is 30.7. The number of pyridine rings is 1. The first-order valence-electron chi connectivity index (χ1n) is 12.8. The highest BCUT2D eigenvalue weighted by Crippen LogP contribution is 2.26. The second-order valence-corrected chi connectivity index (χ2v) is 9.24. The number of nitrogens with zero attached hydrogens (tertiary/aromatic N) is 1. The third kappa shape index (κ3) is 10.3. The third-order valence-corrected chi connectivity index (χ3v) is 5.86. The Morgan fingerprint density at radius 1 is 0.952 bits per heavy atom. The fourth-order valence-electron chi connectivity index (χ4n) is 3.81. The van der Waals surface area contributed by atoms with Crippen molar-refractivity contribution in [3.63, 3.8) is 0 Å². The van der Waals surface area contributed by atoms with Crippen molar-refractivity contribution >= 4 is 29.6 Å². The van der Waals surface area contributed by atoms with E-state index in [2.05, 4.69) is 25.7 Å². The van der Waals surface area contributed by atoms with Crippen molar-refractivity contribution in [2.24, 2.45) is 0 Å². The Bertz CT molecular complexity index is 1410. The van der Waals surface area contributed by atoms with Crippen LogP contribution in [0.1, 0.15) is 36.4 Å². The largest absolute Gasteiger partial charge is 0.491 e. The van der Waals surface area contributed by atoms with E-state index in [4.69, 9.17) is 0 Å². The number of rotatable bonds is 12. The Hall–Kier alpha value is -4.81. The van der Waals surface area contributed by atoms with E-state index in [9.17, 15) is 36.7 Å². The molecular weight excluding hydrogens is 560 g/mol. The lowest BCUT2D eigenvalue weighted by molar-refractivity contribution is -0.202. The van der Waals surface area contributed by atoms with E-state index in [0.29, 0.717) is 35.5 Å². The number of halogens is 4. The lowest BCUT2D eigenvalue weighted by atomic mass is 9.97. The van der Waals surface area contributed by atoms with Crippen molar-refractivity contribution in [2.45, 2.75) is 38.4 Å². The maximum absolute atomic E-state index is 13.3. The summed E-state index contributed by atoms with van der Waals surface area (Å²) in [6.07, 6.45) is -3.99. The average molecular weight is 589 g/mol. The maximum atomic E-state index is 13.3. The van der Waals surface area contributed by atoms with Crippen LogP contribution in [0.25, 0.3) is 11.1 Å². The molecule has 1 atom stereocenters. The normalized spacial score (nSPS) is 11.7. The molecule has 0 aliphatic heterocycles. The summed E-state index contributed by atoms with van der Waals surface area (Å²) >= 11 is 0. The van der Waals surface area contributed by atoms with Gasteiger partial charge in [0.05, 0.1) is 19.0 Å². The highest BCUT2D eigenvalue weighted by atomic mass is 19.4. The predicted molar refractivity (Wildman–Crippen MR) is 144 cm³/mol. The lowest BCUT2D eigenvalue weighted by Gasteiger charge is -2.20. The first-order chi connectivity index (χ1) is 19.9. The van der Waals surface area contributed by atoms with E-state index >= 15 is 0 Å². The summed E-state index contributed by atoms with van der Waals surface area (Å²) < 4.78 is 54.9. The van der Waals surface area contributed by atoms with Gasteiger partial charge in [-0.05, 0) is 65.9 Å². The van der Waals surface area contributed by atoms with Crippen LogP contribution in [0, 0.1) is 12.7 Å². The first-order valence-corrected chi connectivity index (χ1v) is 12.8. The summed E-state index contributed by atoms with van der Waals surface area (Å²) in [6, 6.07) is 14.3. The SMILES string of the molecule is Cc1ccnc(NCCCC(=O)NCC(=O)NC(CC(=O)OC(=O)C(F)(F)F)c2cccc(-c3ccc(F)cc3)c2)c1. The minimum absolute atomic E-state index is 0.0983. The zero-order valence-electron chi connectivity index (χ0n) is 22.5. The molecule has 1 aromatic heterocycles. The number of aromatic nitrogens is 1. The third-order valence-electron chi connectivity index (χ3n) is 5.86. The van der Waals surface area contributed by atoms with Gasteiger partial charge in [0, 0.05) is 19.2 Å². The minimum atomic E-state index is -5.38. The van der Waals surface area contributed by atoms with Gasteiger partial charge >= 0.3 is 18.1 Å². The molecule has 3 rings (SSSR count). The number of esters is 2. The Morgan fingerprint density at radius 3 is 2.38 bits per heavy atom. The molecular formula is C29H28F4N4O5. The van der Waals surface area contributed by atoms with Crippen molar-refractivity contribution in [1.82, 2.24) is 15.6 Å². The topological polar surface area (TPSA) is 126 Å². The molecule has 0 aliphatic rings. The molecule has 0 aliphatic carbocycles. The van der Waals surface area contributed by atoms with E-state index in [1.807, 2.05) is 19.1 Å². The molecule has 13 heteroatoms. The molecule has 0 saturated carbocycles. The fourth-order valence-corrected chi connectivity index (χ4v) is 3.81. The van der Waals surface area contributed by atoms with Gasteiger partial charge < -0.3 is 20.7 Å².